The molecule has 11 nitrogen and oxygen atoms in total. The van der Waals surface area contributed by atoms with Crippen LogP contribution in [0.4, 0.5) is 41.7 Å². The molecule has 2 aromatic rings. The number of rotatable bonds is 5. The molecule has 0 saturated heterocycles. The van der Waals surface area contributed by atoms with Crippen LogP contribution in [0.15, 0.2) is 28.9 Å². The van der Waals surface area contributed by atoms with Crippen LogP contribution in [-0.4, -0.2) is 19.8 Å². The number of nitrogens with one attached hydrogen (secondary N) is 1. The average Bonchev–Trinajstić information content (AvgIpc) is 2.54. The van der Waals surface area contributed by atoms with E-state index in [0.717, 1.165) is 12.3 Å². The van der Waals surface area contributed by atoms with Crippen LogP contribution in [-0.2, 0) is 6.18 Å². The van der Waals surface area contributed by atoms with Crippen molar-refractivity contribution in [1.29, 1.82) is 0 Å². The van der Waals surface area contributed by atoms with Crippen molar-refractivity contribution in [2.75, 3.05) is 5.32 Å². The van der Waals surface area contributed by atoms with Gasteiger partial charge in [-0.25, -0.2) is 4.98 Å². The Morgan fingerprint density at radius 3 is 2.04 bits per heavy atom. The summed E-state index contributed by atoms with van der Waals surface area (Å²) in [6, 6.07) is 1.31. The summed E-state index contributed by atoms with van der Waals surface area (Å²) in [6.45, 7) is 0. The quantitative estimate of drug-likeness (QED) is 0.519. The standard InChI is InChI=1S/C12H5BrF3N5O6/c13-5-1-9(21(26)27)11(17-4-5)18-10-7(12(14,15)16)2-6(19(22)23)3-8(10)20(24)25/h1-4H,(H,17,18). The molecule has 0 bridgehead atoms. The van der Waals surface area contributed by atoms with Gasteiger partial charge < -0.3 is 5.32 Å². The van der Waals surface area contributed by atoms with Gasteiger partial charge in [-0.1, -0.05) is 0 Å². The number of halogens is 4. The minimum atomic E-state index is -5.23. The van der Waals surface area contributed by atoms with Crippen molar-refractivity contribution in [2.45, 2.75) is 6.18 Å². The third-order valence-electron chi connectivity index (χ3n) is 3.09. The first-order valence-corrected chi connectivity index (χ1v) is 7.32. The molecule has 0 aliphatic carbocycles. The largest absolute Gasteiger partial charge is 0.418 e. The zero-order valence-corrected chi connectivity index (χ0v) is 14.1. The SMILES string of the molecule is O=[N+]([O-])c1cc([N+](=O)[O-])c(Nc2ncc(Br)cc2[N+](=O)[O-])c(C(F)(F)F)c1. The van der Waals surface area contributed by atoms with Gasteiger partial charge in [0.25, 0.3) is 11.4 Å². The fourth-order valence-electron chi connectivity index (χ4n) is 2.00. The lowest BCUT2D eigenvalue weighted by atomic mass is 10.1. The molecule has 0 amide bonds. The van der Waals surface area contributed by atoms with Gasteiger partial charge >= 0.3 is 11.9 Å². The molecule has 0 saturated carbocycles. The Morgan fingerprint density at radius 1 is 0.963 bits per heavy atom. The Labute approximate surface area is 154 Å². The maximum atomic E-state index is 13.3. The highest BCUT2D eigenvalue weighted by molar-refractivity contribution is 9.10. The molecular weight excluding hydrogens is 447 g/mol. The van der Waals surface area contributed by atoms with Crippen molar-refractivity contribution in [1.82, 2.24) is 4.98 Å². The minimum absolute atomic E-state index is 0.0834. The average molecular weight is 452 g/mol. The predicted octanol–water partition coefficient (Wildman–Crippen LogP) is 4.33. The summed E-state index contributed by atoms with van der Waals surface area (Å²) < 4.78 is 40.1. The minimum Gasteiger partial charge on any atom is -0.328 e. The Bertz CT molecular complexity index is 967. The maximum absolute atomic E-state index is 13.3. The summed E-state index contributed by atoms with van der Waals surface area (Å²) in [7, 11) is 0. The van der Waals surface area contributed by atoms with E-state index in [4.69, 9.17) is 0 Å². The lowest BCUT2D eigenvalue weighted by Crippen LogP contribution is -2.12. The van der Waals surface area contributed by atoms with Crippen molar-refractivity contribution in [3.8, 4) is 0 Å². The Morgan fingerprint density at radius 2 is 1.56 bits per heavy atom. The van der Waals surface area contributed by atoms with Gasteiger partial charge in [0, 0.05) is 22.8 Å². The molecule has 0 unspecified atom stereocenters. The fourth-order valence-corrected chi connectivity index (χ4v) is 2.32. The molecule has 1 heterocycles. The van der Waals surface area contributed by atoms with Crippen LogP contribution in [0, 0.1) is 30.3 Å². The number of aromatic nitrogens is 1. The molecule has 2 rings (SSSR count). The lowest BCUT2D eigenvalue weighted by Gasteiger charge is -2.14. The second-order valence-corrected chi connectivity index (χ2v) is 5.72. The molecule has 1 aromatic heterocycles. The van der Waals surface area contributed by atoms with E-state index in [9.17, 15) is 43.5 Å². The zero-order valence-electron chi connectivity index (χ0n) is 12.6. The third kappa shape index (κ3) is 4.25. The number of pyridine rings is 1. The van der Waals surface area contributed by atoms with Crippen LogP contribution < -0.4 is 5.32 Å². The summed E-state index contributed by atoms with van der Waals surface area (Å²) in [5.41, 5.74) is -6.20. The number of nitro benzene ring substituents is 2. The maximum Gasteiger partial charge on any atom is 0.418 e. The summed E-state index contributed by atoms with van der Waals surface area (Å²) in [5, 5.41) is 34.9. The first-order valence-electron chi connectivity index (χ1n) is 6.52. The first-order chi connectivity index (χ1) is 12.4. The van der Waals surface area contributed by atoms with E-state index in [1.807, 2.05) is 5.32 Å². The molecule has 0 fully saturated rings. The smallest absolute Gasteiger partial charge is 0.328 e. The molecule has 142 valence electrons. The lowest BCUT2D eigenvalue weighted by molar-refractivity contribution is -0.394. The normalized spacial score (nSPS) is 11.1. The van der Waals surface area contributed by atoms with Crippen molar-refractivity contribution < 1.29 is 27.9 Å². The van der Waals surface area contributed by atoms with E-state index in [-0.39, 0.29) is 10.5 Å². The van der Waals surface area contributed by atoms with Gasteiger partial charge in [0.2, 0.25) is 5.82 Å². The van der Waals surface area contributed by atoms with Crippen molar-refractivity contribution in [3.05, 3.63) is 64.8 Å². The third-order valence-corrected chi connectivity index (χ3v) is 3.52. The van der Waals surface area contributed by atoms with Crippen molar-refractivity contribution >= 4 is 44.5 Å². The summed E-state index contributed by atoms with van der Waals surface area (Å²) in [4.78, 5) is 33.1. The molecule has 0 aliphatic rings. The van der Waals surface area contributed by atoms with Gasteiger partial charge in [-0.3, -0.25) is 30.3 Å². The highest BCUT2D eigenvalue weighted by Crippen LogP contribution is 2.44. The number of nitrogens with zero attached hydrogens (tertiary/aromatic N) is 4. The fraction of sp³-hybridized carbons (Fsp3) is 0.0833. The second kappa shape index (κ2) is 7.10. The summed E-state index contributed by atoms with van der Waals surface area (Å²) in [5.74, 6) is -0.717. The van der Waals surface area contributed by atoms with Gasteiger partial charge in [0.05, 0.1) is 26.4 Å². The highest BCUT2D eigenvalue weighted by atomic mass is 79.9. The molecule has 0 aliphatic heterocycles. The topological polar surface area (TPSA) is 154 Å². The van der Waals surface area contributed by atoms with Gasteiger partial charge in [-0.15, -0.1) is 0 Å². The van der Waals surface area contributed by atoms with Crippen LogP contribution in [0.5, 0.6) is 0 Å². The Kier molecular flexibility index (Phi) is 5.25. The van der Waals surface area contributed by atoms with Gasteiger partial charge in [0.15, 0.2) is 0 Å². The highest BCUT2D eigenvalue weighted by Gasteiger charge is 2.40. The summed E-state index contributed by atoms with van der Waals surface area (Å²) >= 11 is 2.90. The van der Waals surface area contributed by atoms with E-state index in [2.05, 4.69) is 20.9 Å². The Balaban J connectivity index is 2.78. The zero-order chi connectivity index (χ0) is 20.5. The van der Waals surface area contributed by atoms with E-state index < -0.39 is 55.1 Å². The van der Waals surface area contributed by atoms with Gasteiger partial charge in [-0.05, 0) is 15.9 Å². The number of hydrogen-bond donors (Lipinski definition) is 1. The molecular formula is C12H5BrF3N5O6. The monoisotopic (exact) mass is 451 g/mol. The molecule has 0 spiro atoms. The first kappa shape index (κ1) is 20.0. The van der Waals surface area contributed by atoms with E-state index in [0.29, 0.717) is 6.07 Å². The van der Waals surface area contributed by atoms with Gasteiger partial charge in [0.1, 0.15) is 5.69 Å². The van der Waals surface area contributed by atoms with Crippen LogP contribution in [0.1, 0.15) is 5.56 Å². The number of non-ortho nitro benzene ring substituents is 1. The molecule has 0 radical (unpaired) electrons. The Hall–Kier alpha value is -3.36. The summed E-state index contributed by atoms with van der Waals surface area (Å²) in [6.07, 6.45) is -4.22. The number of nitro groups is 3. The number of alkyl halides is 3. The van der Waals surface area contributed by atoms with Crippen LogP contribution in [0.3, 0.4) is 0 Å². The van der Waals surface area contributed by atoms with E-state index in [1.54, 1.807) is 0 Å². The van der Waals surface area contributed by atoms with Crippen molar-refractivity contribution in [2.24, 2.45) is 0 Å². The van der Waals surface area contributed by atoms with Gasteiger partial charge in [-0.2, -0.15) is 13.2 Å². The van der Waals surface area contributed by atoms with Crippen LogP contribution in [0.2, 0.25) is 0 Å². The number of hydrogen-bond acceptors (Lipinski definition) is 8. The number of anilines is 2. The molecule has 1 aromatic carbocycles. The predicted molar refractivity (Wildman–Crippen MR) is 86.6 cm³/mol. The molecule has 0 atom stereocenters. The van der Waals surface area contributed by atoms with E-state index >= 15 is 0 Å². The number of benzene rings is 1. The molecule has 1 N–H and O–H groups in total. The van der Waals surface area contributed by atoms with Crippen molar-refractivity contribution in [3.63, 3.8) is 0 Å². The second-order valence-electron chi connectivity index (χ2n) is 4.80. The van der Waals surface area contributed by atoms with E-state index in [1.165, 1.54) is 0 Å². The van der Waals surface area contributed by atoms with Crippen LogP contribution in [0.25, 0.3) is 0 Å². The molecule has 27 heavy (non-hydrogen) atoms. The molecule has 15 heteroatoms. The van der Waals surface area contributed by atoms with Crippen LogP contribution >= 0.6 is 15.9 Å².